The van der Waals surface area contributed by atoms with E-state index >= 15 is 0 Å². The summed E-state index contributed by atoms with van der Waals surface area (Å²) in [7, 11) is 0. The van der Waals surface area contributed by atoms with Crippen molar-refractivity contribution in [3.63, 3.8) is 0 Å². The van der Waals surface area contributed by atoms with Crippen LogP contribution in [0.15, 0.2) is 0 Å². The first kappa shape index (κ1) is 14.5. The fraction of sp³-hybridized carbons (Fsp3) is 0.944. The van der Waals surface area contributed by atoms with Gasteiger partial charge in [0.05, 0.1) is 0 Å². The number of carbonyl (C=O) groups excluding carboxylic acids is 1. The summed E-state index contributed by atoms with van der Waals surface area (Å²) in [5.74, 6) is 4.01. The monoisotopic (exact) mass is 353 g/mol. The molecule has 118 valence electrons. The lowest BCUT2D eigenvalue weighted by Gasteiger charge is -2.57. The Balaban J connectivity index is 1.42. The SMILES string of the molecule is CC1CCN(C(=O)CC23CC4CC(CC(C4)C2)C3)CC1Br. The molecule has 4 saturated carbocycles. The molecule has 1 amide bonds. The Morgan fingerprint density at radius 1 is 1.14 bits per heavy atom. The highest BCUT2D eigenvalue weighted by molar-refractivity contribution is 9.09. The molecule has 1 heterocycles. The van der Waals surface area contributed by atoms with E-state index in [9.17, 15) is 4.79 Å². The van der Waals surface area contributed by atoms with Crippen molar-refractivity contribution in [1.82, 2.24) is 4.90 Å². The van der Waals surface area contributed by atoms with Crippen LogP contribution in [-0.4, -0.2) is 28.7 Å². The second kappa shape index (κ2) is 5.25. The fourth-order valence-electron chi connectivity index (χ4n) is 6.19. The van der Waals surface area contributed by atoms with Gasteiger partial charge in [-0.2, -0.15) is 0 Å². The predicted octanol–water partition coefficient (Wildman–Crippen LogP) is 4.22. The molecular formula is C18H28BrNO. The van der Waals surface area contributed by atoms with Gasteiger partial charge in [-0.3, -0.25) is 4.79 Å². The van der Waals surface area contributed by atoms with Crippen molar-refractivity contribution in [3.8, 4) is 0 Å². The van der Waals surface area contributed by atoms with E-state index in [0.717, 1.165) is 43.7 Å². The van der Waals surface area contributed by atoms with Gasteiger partial charge in [-0.1, -0.05) is 22.9 Å². The summed E-state index contributed by atoms with van der Waals surface area (Å²) in [4.78, 5) is 15.5. The minimum Gasteiger partial charge on any atom is -0.342 e. The molecule has 5 aliphatic rings. The normalized spacial score (nSPS) is 48.7. The van der Waals surface area contributed by atoms with Gasteiger partial charge in [0.2, 0.25) is 5.91 Å². The fourth-order valence-corrected chi connectivity index (χ4v) is 6.80. The number of nitrogens with zero attached hydrogens (tertiary/aromatic N) is 1. The standard InChI is InChI=1S/C18H28BrNO/c1-12-2-3-20(11-16(12)19)17(21)10-18-7-13-4-14(8-18)6-15(5-13)9-18/h12-16H,2-11H2,1H3. The van der Waals surface area contributed by atoms with E-state index < -0.39 is 0 Å². The number of amides is 1. The number of hydrogen-bond donors (Lipinski definition) is 0. The lowest BCUT2D eigenvalue weighted by Crippen LogP contribution is -2.50. The van der Waals surface area contributed by atoms with Crippen LogP contribution < -0.4 is 0 Å². The van der Waals surface area contributed by atoms with Crippen LogP contribution in [0.1, 0.15) is 58.3 Å². The maximum absolute atomic E-state index is 12.8. The van der Waals surface area contributed by atoms with Crippen LogP contribution in [0, 0.1) is 29.1 Å². The zero-order chi connectivity index (χ0) is 14.6. The average molecular weight is 354 g/mol. The third-order valence-electron chi connectivity index (χ3n) is 6.91. The Morgan fingerprint density at radius 2 is 1.71 bits per heavy atom. The van der Waals surface area contributed by atoms with Crippen molar-refractivity contribution in [2.75, 3.05) is 13.1 Å². The van der Waals surface area contributed by atoms with Crippen molar-refractivity contribution in [1.29, 1.82) is 0 Å². The quantitative estimate of drug-likeness (QED) is 0.680. The molecule has 2 unspecified atom stereocenters. The maximum atomic E-state index is 12.8. The van der Waals surface area contributed by atoms with E-state index in [4.69, 9.17) is 0 Å². The van der Waals surface area contributed by atoms with Crippen LogP contribution in [0.5, 0.6) is 0 Å². The summed E-state index contributed by atoms with van der Waals surface area (Å²) in [5.41, 5.74) is 0.400. The van der Waals surface area contributed by atoms with E-state index in [0.29, 0.717) is 22.1 Å². The van der Waals surface area contributed by atoms with Gasteiger partial charge < -0.3 is 4.90 Å². The summed E-state index contributed by atoms with van der Waals surface area (Å²) < 4.78 is 0. The number of rotatable bonds is 2. The summed E-state index contributed by atoms with van der Waals surface area (Å²) in [6, 6.07) is 0. The van der Waals surface area contributed by atoms with Crippen LogP contribution in [-0.2, 0) is 4.79 Å². The van der Waals surface area contributed by atoms with Crippen molar-refractivity contribution in [2.24, 2.45) is 29.1 Å². The lowest BCUT2D eigenvalue weighted by molar-refractivity contribution is -0.140. The second-order valence-electron chi connectivity index (χ2n) is 8.72. The maximum Gasteiger partial charge on any atom is 0.223 e. The van der Waals surface area contributed by atoms with Crippen LogP contribution in [0.4, 0.5) is 0 Å². The van der Waals surface area contributed by atoms with E-state index in [1.165, 1.54) is 38.5 Å². The summed E-state index contributed by atoms with van der Waals surface area (Å²) >= 11 is 3.76. The molecule has 4 bridgehead atoms. The minimum atomic E-state index is 0.400. The molecule has 1 aliphatic heterocycles. The smallest absolute Gasteiger partial charge is 0.223 e. The van der Waals surface area contributed by atoms with Crippen molar-refractivity contribution in [3.05, 3.63) is 0 Å². The van der Waals surface area contributed by atoms with Crippen molar-refractivity contribution < 1.29 is 4.79 Å². The highest BCUT2D eigenvalue weighted by Crippen LogP contribution is 2.61. The molecule has 2 atom stereocenters. The molecule has 5 rings (SSSR count). The van der Waals surface area contributed by atoms with Crippen LogP contribution in [0.2, 0.25) is 0 Å². The first-order valence-electron chi connectivity index (χ1n) is 8.95. The topological polar surface area (TPSA) is 20.3 Å². The molecule has 3 heteroatoms. The van der Waals surface area contributed by atoms with Gasteiger partial charge in [-0.05, 0) is 74.0 Å². The predicted molar refractivity (Wildman–Crippen MR) is 88.3 cm³/mol. The van der Waals surface area contributed by atoms with E-state index in [2.05, 4.69) is 27.8 Å². The third-order valence-corrected chi connectivity index (χ3v) is 8.10. The molecule has 4 aliphatic carbocycles. The molecule has 0 aromatic carbocycles. The van der Waals surface area contributed by atoms with Gasteiger partial charge in [0.25, 0.3) is 0 Å². The van der Waals surface area contributed by atoms with Crippen LogP contribution in [0.25, 0.3) is 0 Å². The third kappa shape index (κ3) is 2.68. The van der Waals surface area contributed by atoms with Gasteiger partial charge in [0.15, 0.2) is 0 Å². The van der Waals surface area contributed by atoms with Gasteiger partial charge in [0.1, 0.15) is 0 Å². The number of carbonyl (C=O) groups is 1. The Bertz CT molecular complexity index is 400. The Kier molecular flexibility index (Phi) is 3.63. The highest BCUT2D eigenvalue weighted by Gasteiger charge is 2.51. The van der Waals surface area contributed by atoms with Crippen LogP contribution >= 0.6 is 15.9 Å². The van der Waals surface area contributed by atoms with Gasteiger partial charge in [-0.15, -0.1) is 0 Å². The van der Waals surface area contributed by atoms with Gasteiger partial charge in [0, 0.05) is 24.3 Å². The molecule has 0 N–H and O–H groups in total. The molecule has 0 spiro atoms. The first-order valence-corrected chi connectivity index (χ1v) is 9.86. The average Bonchev–Trinajstić information content (AvgIpc) is 2.39. The number of halogens is 1. The van der Waals surface area contributed by atoms with E-state index in [-0.39, 0.29) is 0 Å². The van der Waals surface area contributed by atoms with Gasteiger partial charge >= 0.3 is 0 Å². The molecule has 0 aromatic rings. The number of alkyl halides is 1. The molecule has 21 heavy (non-hydrogen) atoms. The highest BCUT2D eigenvalue weighted by atomic mass is 79.9. The Labute approximate surface area is 137 Å². The number of hydrogen-bond acceptors (Lipinski definition) is 1. The molecular weight excluding hydrogens is 326 g/mol. The van der Waals surface area contributed by atoms with Crippen molar-refractivity contribution in [2.45, 2.75) is 63.1 Å². The number of piperidine rings is 1. The zero-order valence-corrected chi connectivity index (χ0v) is 14.8. The van der Waals surface area contributed by atoms with Gasteiger partial charge in [-0.25, -0.2) is 0 Å². The molecule has 2 nitrogen and oxygen atoms in total. The first-order chi connectivity index (χ1) is 10.0. The summed E-state index contributed by atoms with van der Waals surface area (Å²) in [5, 5.41) is 0. The minimum absolute atomic E-state index is 0.400. The molecule has 0 radical (unpaired) electrons. The largest absolute Gasteiger partial charge is 0.342 e. The summed E-state index contributed by atoms with van der Waals surface area (Å²) in [6.45, 7) is 4.20. The lowest BCUT2D eigenvalue weighted by atomic mass is 9.49. The van der Waals surface area contributed by atoms with Crippen LogP contribution in [0.3, 0.4) is 0 Å². The molecule has 5 fully saturated rings. The zero-order valence-electron chi connectivity index (χ0n) is 13.2. The number of likely N-dealkylation sites (tertiary alicyclic amines) is 1. The Hall–Kier alpha value is -0.0500. The Morgan fingerprint density at radius 3 is 2.24 bits per heavy atom. The molecule has 1 saturated heterocycles. The van der Waals surface area contributed by atoms with E-state index in [1.54, 1.807) is 0 Å². The summed E-state index contributed by atoms with van der Waals surface area (Å²) in [6.07, 6.45) is 10.5. The van der Waals surface area contributed by atoms with Crippen molar-refractivity contribution >= 4 is 21.8 Å². The van der Waals surface area contributed by atoms with E-state index in [1.807, 2.05) is 0 Å². The second-order valence-corrected chi connectivity index (χ2v) is 9.89. The molecule has 0 aromatic heterocycles.